The van der Waals surface area contributed by atoms with Crippen molar-refractivity contribution in [3.05, 3.63) is 0 Å². The maximum atomic E-state index is 11.9. The molecule has 1 amide bonds. The number of hydrogen-bond donors (Lipinski definition) is 2. The summed E-state index contributed by atoms with van der Waals surface area (Å²) < 4.78 is 22.6. The van der Waals surface area contributed by atoms with E-state index in [0.29, 0.717) is 12.3 Å². The highest BCUT2D eigenvalue weighted by Gasteiger charge is 2.27. The zero-order valence-electron chi connectivity index (χ0n) is 12.1. The van der Waals surface area contributed by atoms with Crippen molar-refractivity contribution >= 4 is 15.7 Å². The van der Waals surface area contributed by atoms with Crippen molar-refractivity contribution in [3.8, 4) is 0 Å². The average Bonchev–Trinajstić information content (AvgIpc) is 2.78. The third kappa shape index (κ3) is 5.05. The Balaban J connectivity index is 1.52. The molecule has 0 unspecified atom stereocenters. The molecule has 6 heteroatoms. The molecule has 0 aromatic carbocycles. The summed E-state index contributed by atoms with van der Waals surface area (Å²) in [6.45, 7) is 1.45. The van der Waals surface area contributed by atoms with Crippen molar-refractivity contribution < 1.29 is 13.2 Å². The zero-order valence-corrected chi connectivity index (χ0v) is 12.9. The summed E-state index contributed by atoms with van der Waals surface area (Å²) in [6, 6.07) is 0.106. The molecule has 0 aromatic rings. The maximum Gasteiger partial charge on any atom is 0.223 e. The van der Waals surface area contributed by atoms with E-state index in [1.807, 2.05) is 0 Å². The van der Waals surface area contributed by atoms with Gasteiger partial charge in [-0.2, -0.15) is 0 Å². The van der Waals surface area contributed by atoms with E-state index in [1.54, 1.807) is 0 Å². The van der Waals surface area contributed by atoms with Crippen molar-refractivity contribution in [3.63, 3.8) is 0 Å². The van der Waals surface area contributed by atoms with Gasteiger partial charge in [0, 0.05) is 18.5 Å². The van der Waals surface area contributed by atoms with E-state index in [2.05, 4.69) is 10.6 Å². The van der Waals surface area contributed by atoms with Gasteiger partial charge in [-0.3, -0.25) is 4.79 Å². The molecule has 1 atom stereocenters. The summed E-state index contributed by atoms with van der Waals surface area (Å²) in [5.74, 6) is 0.995. The van der Waals surface area contributed by atoms with Crippen LogP contribution in [0.1, 0.15) is 44.9 Å². The fraction of sp³-hybridized carbons (Fsp3) is 0.929. The van der Waals surface area contributed by atoms with Crippen molar-refractivity contribution in [1.29, 1.82) is 0 Å². The van der Waals surface area contributed by atoms with Crippen LogP contribution >= 0.6 is 0 Å². The monoisotopic (exact) mass is 302 g/mol. The van der Waals surface area contributed by atoms with Crippen LogP contribution in [-0.4, -0.2) is 45.0 Å². The molecule has 2 rings (SSSR count). The van der Waals surface area contributed by atoms with Crippen LogP contribution in [0.3, 0.4) is 0 Å². The third-order valence-electron chi connectivity index (χ3n) is 4.29. The molecule has 5 nitrogen and oxygen atoms in total. The van der Waals surface area contributed by atoms with Crippen molar-refractivity contribution in [2.24, 2.45) is 5.92 Å². The van der Waals surface area contributed by atoms with E-state index >= 15 is 0 Å². The molecule has 0 radical (unpaired) electrons. The van der Waals surface area contributed by atoms with Gasteiger partial charge < -0.3 is 10.6 Å². The number of nitrogens with one attached hydrogen (secondary N) is 2. The maximum absolute atomic E-state index is 11.9. The first-order valence-corrected chi connectivity index (χ1v) is 9.60. The second-order valence-electron chi connectivity index (χ2n) is 6.03. The Morgan fingerprint density at radius 3 is 2.45 bits per heavy atom. The lowest BCUT2D eigenvalue weighted by atomic mass is 9.89. The summed E-state index contributed by atoms with van der Waals surface area (Å²) >= 11 is 0. The van der Waals surface area contributed by atoms with E-state index in [0.717, 1.165) is 32.2 Å². The average molecular weight is 302 g/mol. The molecule has 0 spiro atoms. The van der Waals surface area contributed by atoms with Gasteiger partial charge in [-0.25, -0.2) is 8.42 Å². The van der Waals surface area contributed by atoms with Gasteiger partial charge in [0.25, 0.3) is 0 Å². The number of rotatable bonds is 6. The Bertz CT molecular complexity index is 416. The Hall–Kier alpha value is -0.620. The molecule has 116 valence electrons. The fourth-order valence-electron chi connectivity index (χ4n) is 3.07. The van der Waals surface area contributed by atoms with E-state index in [-0.39, 0.29) is 23.6 Å². The number of carbonyl (C=O) groups excluding carboxylic acids is 1. The van der Waals surface area contributed by atoms with Gasteiger partial charge >= 0.3 is 0 Å². The molecule has 2 fully saturated rings. The summed E-state index contributed by atoms with van der Waals surface area (Å²) in [6.07, 6.45) is 7.25. The highest BCUT2D eigenvalue weighted by atomic mass is 32.2. The van der Waals surface area contributed by atoms with Gasteiger partial charge in [0.2, 0.25) is 5.91 Å². The van der Waals surface area contributed by atoms with Crippen LogP contribution in [0.4, 0.5) is 0 Å². The van der Waals surface area contributed by atoms with Crippen LogP contribution in [0.2, 0.25) is 0 Å². The number of hydrogen-bond acceptors (Lipinski definition) is 4. The lowest BCUT2D eigenvalue weighted by Gasteiger charge is -2.20. The lowest BCUT2D eigenvalue weighted by molar-refractivity contribution is -0.125. The topological polar surface area (TPSA) is 75.3 Å². The minimum Gasteiger partial charge on any atom is -0.356 e. The van der Waals surface area contributed by atoms with Crippen molar-refractivity contribution in [2.45, 2.75) is 51.0 Å². The molecule has 2 aliphatic rings. The second kappa shape index (κ2) is 7.41. The first-order valence-electron chi connectivity index (χ1n) is 7.78. The normalized spacial score (nSPS) is 26.5. The van der Waals surface area contributed by atoms with E-state index in [9.17, 15) is 13.2 Å². The molecule has 2 N–H and O–H groups in total. The number of carbonyl (C=O) groups is 1. The largest absolute Gasteiger partial charge is 0.356 e. The van der Waals surface area contributed by atoms with Crippen LogP contribution in [0, 0.1) is 5.92 Å². The Kier molecular flexibility index (Phi) is 5.84. The van der Waals surface area contributed by atoms with E-state index in [1.165, 1.54) is 19.3 Å². The fourth-order valence-corrected chi connectivity index (χ4v) is 4.78. The Morgan fingerprint density at radius 1 is 1.05 bits per heavy atom. The zero-order chi connectivity index (χ0) is 14.4. The van der Waals surface area contributed by atoms with Crippen LogP contribution in [-0.2, 0) is 14.6 Å². The van der Waals surface area contributed by atoms with Crippen molar-refractivity contribution in [2.75, 3.05) is 24.6 Å². The minimum absolute atomic E-state index is 0.106. The molecule has 1 saturated heterocycles. The number of sulfone groups is 1. The van der Waals surface area contributed by atoms with Gasteiger partial charge in [0.05, 0.1) is 11.5 Å². The molecule has 1 saturated carbocycles. The second-order valence-corrected chi connectivity index (χ2v) is 8.26. The molecular formula is C14H26N2O3S. The van der Waals surface area contributed by atoms with Crippen molar-refractivity contribution in [1.82, 2.24) is 10.6 Å². The first kappa shape index (κ1) is 15.8. The van der Waals surface area contributed by atoms with Gasteiger partial charge in [-0.05, 0) is 32.2 Å². The summed E-state index contributed by atoms with van der Waals surface area (Å²) in [5.41, 5.74) is 0. The summed E-state index contributed by atoms with van der Waals surface area (Å²) in [5, 5.41) is 6.26. The van der Waals surface area contributed by atoms with Crippen LogP contribution in [0.15, 0.2) is 0 Å². The van der Waals surface area contributed by atoms with E-state index < -0.39 is 9.84 Å². The quantitative estimate of drug-likeness (QED) is 0.713. The third-order valence-corrected chi connectivity index (χ3v) is 6.06. The molecule has 20 heavy (non-hydrogen) atoms. The molecule has 1 aliphatic carbocycles. The molecule has 1 aliphatic heterocycles. The van der Waals surface area contributed by atoms with Gasteiger partial charge in [0.1, 0.15) is 0 Å². The molecular weight excluding hydrogens is 276 g/mol. The van der Waals surface area contributed by atoms with E-state index in [4.69, 9.17) is 0 Å². The minimum atomic E-state index is -2.80. The highest BCUT2D eigenvalue weighted by Crippen LogP contribution is 2.23. The number of amides is 1. The molecule has 0 bridgehead atoms. The Morgan fingerprint density at radius 2 is 1.80 bits per heavy atom. The smallest absolute Gasteiger partial charge is 0.223 e. The van der Waals surface area contributed by atoms with Gasteiger partial charge in [0.15, 0.2) is 9.84 Å². The van der Waals surface area contributed by atoms with Gasteiger partial charge in [-0.1, -0.05) is 19.3 Å². The lowest BCUT2D eigenvalue weighted by Crippen LogP contribution is -2.35. The molecule has 0 aromatic heterocycles. The van der Waals surface area contributed by atoms with Crippen LogP contribution in [0.5, 0.6) is 0 Å². The van der Waals surface area contributed by atoms with Crippen LogP contribution in [0.25, 0.3) is 0 Å². The predicted molar refractivity (Wildman–Crippen MR) is 79.3 cm³/mol. The SMILES string of the molecule is O=C(NCCCN[C@H]1CCS(=O)(=O)C1)C1CCCCC1. The Labute approximate surface area is 121 Å². The summed E-state index contributed by atoms with van der Waals surface area (Å²) in [4.78, 5) is 11.9. The summed E-state index contributed by atoms with van der Waals surface area (Å²) in [7, 11) is -2.80. The van der Waals surface area contributed by atoms with Gasteiger partial charge in [-0.15, -0.1) is 0 Å². The highest BCUT2D eigenvalue weighted by molar-refractivity contribution is 7.91. The molecule has 1 heterocycles. The first-order chi connectivity index (χ1) is 9.57. The van der Waals surface area contributed by atoms with Crippen LogP contribution < -0.4 is 10.6 Å². The standard InChI is InChI=1S/C14H26N2O3S/c17-14(12-5-2-1-3-6-12)16-9-4-8-15-13-7-10-20(18,19)11-13/h12-13,15H,1-11H2,(H,16,17)/t13-/m0/s1. The predicted octanol–water partition coefficient (Wildman–Crippen LogP) is 0.850.